The zero-order chi connectivity index (χ0) is 38.3. The molecule has 3 N–H and O–H groups in total. The number of fused-ring (bicyclic) bond motifs is 3. The Balaban J connectivity index is 1.25. The third kappa shape index (κ3) is 8.29. The molecule has 2 aromatic rings. The van der Waals surface area contributed by atoms with E-state index < -0.39 is 52.5 Å². The Kier molecular flexibility index (Phi) is 10.0. The quantitative estimate of drug-likeness (QED) is 0.197. The summed E-state index contributed by atoms with van der Waals surface area (Å²) in [5.74, 6) is 6.36. The standard InChI is InChI=1S/C41H50N4O8/c1-38(2,3)52-36(49)42-32(23-27-13-16-29(46)17-14-27)33(47)51-30-18-20-40(21-19-30)24-28-15-12-26(11-10-25-8-9-25)22-31(28)41(40)34(48)45(7)35(44-41)43-37(50)53-39(4,5)6/h12-17,22,25,30,32,46H,8-9,18-21,23-24H2,1-7H3,(H,42,49)(H,43,44,50)/t30?,32-,40?,41?/m0/s1. The van der Waals surface area contributed by atoms with Crippen molar-refractivity contribution in [2.24, 2.45) is 16.3 Å². The van der Waals surface area contributed by atoms with Crippen LogP contribution in [0.2, 0.25) is 0 Å². The van der Waals surface area contributed by atoms with Crippen LogP contribution in [-0.2, 0) is 42.2 Å². The van der Waals surface area contributed by atoms with Gasteiger partial charge in [0.25, 0.3) is 5.91 Å². The van der Waals surface area contributed by atoms with E-state index >= 15 is 0 Å². The number of guanidine groups is 1. The highest BCUT2D eigenvalue weighted by Crippen LogP contribution is 2.62. The van der Waals surface area contributed by atoms with Crippen molar-refractivity contribution in [3.05, 3.63) is 64.7 Å². The molecule has 2 spiro atoms. The Hall–Kier alpha value is -5.05. The number of carbonyl (C=O) groups is 4. The minimum atomic E-state index is -1.33. The molecule has 2 aromatic carbocycles. The zero-order valence-electron chi connectivity index (χ0n) is 31.6. The van der Waals surface area contributed by atoms with Gasteiger partial charge in [-0.15, -0.1) is 0 Å². The fraction of sp³-hybridized carbons (Fsp3) is 0.537. The van der Waals surface area contributed by atoms with Gasteiger partial charge >= 0.3 is 18.2 Å². The number of likely N-dealkylation sites (N-methyl/N-ethyl adjacent to an activating group) is 1. The van der Waals surface area contributed by atoms with Crippen LogP contribution in [0.5, 0.6) is 5.75 Å². The lowest BCUT2D eigenvalue weighted by molar-refractivity contribution is -0.156. The smallest absolute Gasteiger partial charge is 0.414 e. The summed E-state index contributed by atoms with van der Waals surface area (Å²) in [5, 5.41) is 15.1. The number of hydrogen-bond acceptors (Lipinski definition) is 9. The number of nitrogens with zero attached hydrogens (tertiary/aromatic N) is 2. The Morgan fingerprint density at radius 1 is 0.962 bits per heavy atom. The third-order valence-electron chi connectivity index (χ3n) is 10.1. The number of hydrogen-bond donors (Lipinski definition) is 3. The van der Waals surface area contributed by atoms with Gasteiger partial charge in [-0.2, -0.15) is 0 Å². The molecule has 1 unspecified atom stereocenters. The predicted octanol–water partition coefficient (Wildman–Crippen LogP) is 5.87. The maximum atomic E-state index is 14.6. The van der Waals surface area contributed by atoms with Gasteiger partial charge in [0.15, 0.2) is 5.54 Å². The molecule has 2 fully saturated rings. The third-order valence-corrected chi connectivity index (χ3v) is 10.1. The number of ether oxygens (including phenoxy) is 3. The molecule has 3 aliphatic carbocycles. The van der Waals surface area contributed by atoms with Crippen LogP contribution in [0.3, 0.4) is 0 Å². The van der Waals surface area contributed by atoms with Crippen LogP contribution in [0, 0.1) is 23.2 Å². The van der Waals surface area contributed by atoms with Crippen molar-refractivity contribution in [2.45, 2.75) is 122 Å². The molecule has 282 valence electrons. The van der Waals surface area contributed by atoms with Gasteiger partial charge < -0.3 is 24.6 Å². The van der Waals surface area contributed by atoms with Crippen molar-refractivity contribution in [3.8, 4) is 17.6 Å². The number of rotatable bonds is 5. The summed E-state index contributed by atoms with van der Waals surface area (Å²) < 4.78 is 17.0. The lowest BCUT2D eigenvalue weighted by atomic mass is 9.61. The monoisotopic (exact) mass is 726 g/mol. The number of carbonyl (C=O) groups excluding carboxylic acids is 4. The molecule has 2 atom stereocenters. The molecule has 0 bridgehead atoms. The molecule has 1 aliphatic heterocycles. The molecule has 53 heavy (non-hydrogen) atoms. The summed E-state index contributed by atoms with van der Waals surface area (Å²) in [6.07, 6.45) is 2.89. The van der Waals surface area contributed by atoms with Crippen LogP contribution >= 0.6 is 0 Å². The minimum absolute atomic E-state index is 0.0855. The lowest BCUT2D eigenvalue weighted by Crippen LogP contribution is -2.52. The summed E-state index contributed by atoms with van der Waals surface area (Å²) >= 11 is 0. The van der Waals surface area contributed by atoms with Crippen LogP contribution in [0.25, 0.3) is 0 Å². The van der Waals surface area contributed by atoms with Crippen molar-refractivity contribution < 1.29 is 38.5 Å². The summed E-state index contributed by atoms with van der Waals surface area (Å²) in [4.78, 5) is 60.5. The van der Waals surface area contributed by atoms with E-state index in [9.17, 15) is 24.3 Å². The SMILES string of the molecule is CN1C(=O)C2(N=C1NC(=O)OC(C)(C)C)c1cc(C#CC3CC3)ccc1CC21CCC(OC(=O)[C@H](Cc2ccc(O)cc2)NC(=O)OC(C)(C)C)CC1. The van der Waals surface area contributed by atoms with E-state index in [2.05, 4.69) is 22.5 Å². The Labute approximate surface area is 311 Å². The first-order chi connectivity index (χ1) is 24.9. The highest BCUT2D eigenvalue weighted by Gasteiger charge is 2.66. The number of aromatic hydroxyl groups is 1. The van der Waals surface area contributed by atoms with Gasteiger partial charge in [0.2, 0.25) is 5.96 Å². The molecule has 3 amide bonds. The van der Waals surface area contributed by atoms with Gasteiger partial charge in [0.1, 0.15) is 29.1 Å². The average molecular weight is 727 g/mol. The van der Waals surface area contributed by atoms with E-state index in [1.807, 2.05) is 18.2 Å². The predicted molar refractivity (Wildman–Crippen MR) is 197 cm³/mol. The summed E-state index contributed by atoms with van der Waals surface area (Å²) in [7, 11) is 1.61. The fourth-order valence-electron chi connectivity index (χ4n) is 7.54. The van der Waals surface area contributed by atoms with Crippen LogP contribution in [-0.4, -0.2) is 70.4 Å². The van der Waals surface area contributed by atoms with Gasteiger partial charge in [-0.3, -0.25) is 15.0 Å². The molecule has 12 heteroatoms. The number of aliphatic imine (C=N–C) groups is 1. The summed E-state index contributed by atoms with van der Waals surface area (Å²) in [6.45, 7) is 10.5. The van der Waals surface area contributed by atoms with Crippen molar-refractivity contribution >= 4 is 30.0 Å². The van der Waals surface area contributed by atoms with Gasteiger partial charge in [0, 0.05) is 30.4 Å². The normalized spacial score (nSPS) is 24.1. The fourth-order valence-corrected chi connectivity index (χ4v) is 7.54. The summed E-state index contributed by atoms with van der Waals surface area (Å²) in [6, 6.07) is 11.4. The van der Waals surface area contributed by atoms with E-state index in [4.69, 9.17) is 19.2 Å². The molecule has 6 rings (SSSR count). The van der Waals surface area contributed by atoms with Crippen LogP contribution in [0.1, 0.15) is 102 Å². The molecule has 0 radical (unpaired) electrons. The van der Waals surface area contributed by atoms with Crippen molar-refractivity contribution in [2.75, 3.05) is 7.05 Å². The van der Waals surface area contributed by atoms with Gasteiger partial charge in [-0.25, -0.2) is 19.4 Å². The first-order valence-electron chi connectivity index (χ1n) is 18.4. The van der Waals surface area contributed by atoms with Crippen molar-refractivity contribution in [3.63, 3.8) is 0 Å². The number of phenols is 1. The second kappa shape index (κ2) is 14.1. The van der Waals surface area contributed by atoms with Crippen LogP contribution in [0.4, 0.5) is 9.59 Å². The maximum absolute atomic E-state index is 14.6. The first-order valence-corrected chi connectivity index (χ1v) is 18.4. The number of benzene rings is 2. The molecule has 2 saturated carbocycles. The summed E-state index contributed by atoms with van der Waals surface area (Å²) in [5.41, 5.74) is -0.206. The number of nitrogens with one attached hydrogen (secondary N) is 2. The maximum Gasteiger partial charge on any atom is 0.414 e. The number of alkyl carbamates (subject to hydrolysis) is 2. The molecule has 4 aliphatic rings. The Morgan fingerprint density at radius 2 is 1.60 bits per heavy atom. The second-order valence-corrected chi connectivity index (χ2v) is 16.7. The van der Waals surface area contributed by atoms with Crippen LogP contribution in [0.15, 0.2) is 47.5 Å². The highest BCUT2D eigenvalue weighted by atomic mass is 16.6. The van der Waals surface area contributed by atoms with Gasteiger partial charge in [-0.05, 0) is 127 Å². The molecule has 0 aromatic heterocycles. The second-order valence-electron chi connectivity index (χ2n) is 16.7. The Bertz CT molecular complexity index is 1870. The number of phenolic OH excluding ortho intramolecular Hbond substituents is 1. The molecule has 0 saturated heterocycles. The van der Waals surface area contributed by atoms with Crippen molar-refractivity contribution in [1.82, 2.24) is 15.5 Å². The van der Waals surface area contributed by atoms with Gasteiger partial charge in [-0.1, -0.05) is 30.0 Å². The van der Waals surface area contributed by atoms with Crippen LogP contribution < -0.4 is 10.6 Å². The molecular formula is C41H50N4O8. The lowest BCUT2D eigenvalue weighted by Gasteiger charge is -2.45. The van der Waals surface area contributed by atoms with E-state index in [1.165, 1.54) is 17.0 Å². The minimum Gasteiger partial charge on any atom is -0.508 e. The zero-order valence-corrected chi connectivity index (χ0v) is 31.6. The van der Waals surface area contributed by atoms with Crippen molar-refractivity contribution in [1.29, 1.82) is 0 Å². The van der Waals surface area contributed by atoms with E-state index in [0.717, 1.165) is 29.5 Å². The topological polar surface area (TPSA) is 156 Å². The molecule has 1 heterocycles. The first kappa shape index (κ1) is 37.7. The number of amides is 3. The number of esters is 1. The van der Waals surface area contributed by atoms with E-state index in [0.29, 0.717) is 43.6 Å². The Morgan fingerprint density at radius 3 is 2.23 bits per heavy atom. The van der Waals surface area contributed by atoms with E-state index in [1.54, 1.807) is 60.7 Å². The van der Waals surface area contributed by atoms with Gasteiger partial charge in [0.05, 0.1) is 0 Å². The van der Waals surface area contributed by atoms with E-state index in [-0.39, 0.29) is 24.0 Å². The average Bonchev–Trinajstić information content (AvgIpc) is 3.81. The molecular weight excluding hydrogens is 676 g/mol. The highest BCUT2D eigenvalue weighted by molar-refractivity contribution is 6.12. The largest absolute Gasteiger partial charge is 0.508 e. The molecule has 12 nitrogen and oxygen atoms in total.